The largest absolute Gasteiger partial charge is 0.353 e. The summed E-state index contributed by atoms with van der Waals surface area (Å²) in [5.74, 6) is 0.225. The first kappa shape index (κ1) is 17.7. The van der Waals surface area contributed by atoms with E-state index in [0.717, 1.165) is 21.8 Å². The van der Waals surface area contributed by atoms with Gasteiger partial charge in [-0.25, -0.2) is 0 Å². The van der Waals surface area contributed by atoms with Gasteiger partial charge in [0.25, 0.3) is 5.91 Å². The van der Waals surface area contributed by atoms with Crippen LogP contribution in [0.4, 0.5) is 0 Å². The molecule has 1 aliphatic rings. The highest BCUT2D eigenvalue weighted by atomic mass is 32.1. The van der Waals surface area contributed by atoms with Crippen molar-refractivity contribution in [1.82, 2.24) is 10.2 Å². The molecule has 1 aliphatic heterocycles. The fourth-order valence-corrected chi connectivity index (χ4v) is 3.49. The lowest BCUT2D eigenvalue weighted by Gasteiger charge is -2.36. The van der Waals surface area contributed by atoms with Crippen molar-refractivity contribution in [2.75, 3.05) is 13.1 Å². The van der Waals surface area contributed by atoms with E-state index in [4.69, 9.17) is 12.2 Å². The summed E-state index contributed by atoms with van der Waals surface area (Å²) in [6.07, 6.45) is 0. The van der Waals surface area contributed by atoms with Crippen LogP contribution in [0.2, 0.25) is 0 Å². The second-order valence-corrected chi connectivity index (χ2v) is 6.62. The minimum atomic E-state index is 0.0115. The molecule has 1 aromatic rings. The smallest absolute Gasteiger partial charge is 0.252 e. The lowest BCUT2D eigenvalue weighted by molar-refractivity contribution is -0.127. The van der Waals surface area contributed by atoms with Crippen LogP contribution in [0.5, 0.6) is 0 Å². The summed E-state index contributed by atoms with van der Waals surface area (Å²) in [6, 6.07) is 8.43. The summed E-state index contributed by atoms with van der Waals surface area (Å²) >= 11 is 5.50. The molecular formula is C19H26N2OS. The summed E-state index contributed by atoms with van der Waals surface area (Å²) in [4.78, 5) is 15.7. The van der Waals surface area contributed by atoms with Gasteiger partial charge >= 0.3 is 0 Å². The van der Waals surface area contributed by atoms with E-state index >= 15 is 0 Å². The molecular weight excluding hydrogens is 304 g/mol. The molecule has 2 atom stereocenters. The maximum absolute atomic E-state index is 13.1. The quantitative estimate of drug-likeness (QED) is 0.853. The molecule has 0 bridgehead atoms. The van der Waals surface area contributed by atoms with Crippen LogP contribution in [-0.2, 0) is 4.79 Å². The Morgan fingerprint density at radius 2 is 1.74 bits per heavy atom. The molecule has 1 N–H and O–H groups in total. The van der Waals surface area contributed by atoms with E-state index in [1.807, 2.05) is 25.7 Å². The minimum Gasteiger partial charge on any atom is -0.353 e. The molecule has 0 saturated heterocycles. The van der Waals surface area contributed by atoms with Crippen molar-refractivity contribution < 1.29 is 4.79 Å². The zero-order valence-electron chi connectivity index (χ0n) is 14.6. The van der Waals surface area contributed by atoms with Gasteiger partial charge in [0.2, 0.25) is 0 Å². The number of nitrogens with zero attached hydrogens (tertiary/aromatic N) is 1. The number of aryl methyl sites for hydroxylation is 1. The van der Waals surface area contributed by atoms with E-state index < -0.39 is 0 Å². The normalized spacial score (nSPS) is 21.2. The van der Waals surface area contributed by atoms with Gasteiger partial charge in [0.1, 0.15) is 0 Å². The Hall–Kier alpha value is -1.68. The van der Waals surface area contributed by atoms with Gasteiger partial charge in [-0.15, -0.1) is 0 Å². The van der Waals surface area contributed by atoms with Crippen molar-refractivity contribution >= 4 is 23.1 Å². The van der Waals surface area contributed by atoms with Gasteiger partial charge in [-0.1, -0.05) is 49.0 Å². The summed E-state index contributed by atoms with van der Waals surface area (Å²) in [7, 11) is 0. The number of benzene rings is 1. The van der Waals surface area contributed by atoms with Crippen molar-refractivity contribution in [2.24, 2.45) is 5.92 Å². The van der Waals surface area contributed by atoms with Crippen LogP contribution in [0, 0.1) is 12.8 Å². The Labute approximate surface area is 144 Å². The van der Waals surface area contributed by atoms with Gasteiger partial charge in [0, 0.05) is 36.2 Å². The van der Waals surface area contributed by atoms with Crippen LogP contribution in [0.3, 0.4) is 0 Å². The maximum atomic E-state index is 13.1. The van der Waals surface area contributed by atoms with Crippen LogP contribution < -0.4 is 5.32 Å². The molecule has 0 spiro atoms. The van der Waals surface area contributed by atoms with Crippen molar-refractivity contribution in [3.63, 3.8) is 0 Å². The standard InChI is InChI=1S/C19H26N2OS/c1-6-21(7-2)19(22)17-14(5)20-18(23)13(4)16(17)15-10-8-12(3)9-11-15/h8-11,13,16H,6-7H2,1-5H3,(H,20,23). The highest BCUT2D eigenvalue weighted by Gasteiger charge is 2.36. The Bertz CT molecular complexity index is 629. The first-order valence-electron chi connectivity index (χ1n) is 8.28. The van der Waals surface area contributed by atoms with Gasteiger partial charge < -0.3 is 10.2 Å². The Morgan fingerprint density at radius 1 is 1.17 bits per heavy atom. The number of likely N-dealkylation sites (N-methyl/N-ethyl adjacent to an activating group) is 1. The van der Waals surface area contributed by atoms with Crippen molar-refractivity contribution in [3.05, 3.63) is 46.7 Å². The lowest BCUT2D eigenvalue weighted by Crippen LogP contribution is -2.43. The molecule has 124 valence electrons. The van der Waals surface area contributed by atoms with Gasteiger partial charge in [-0.3, -0.25) is 4.79 Å². The van der Waals surface area contributed by atoms with E-state index in [-0.39, 0.29) is 17.7 Å². The molecule has 4 heteroatoms. The molecule has 0 aromatic heterocycles. The molecule has 0 fully saturated rings. The third kappa shape index (κ3) is 3.47. The monoisotopic (exact) mass is 330 g/mol. The summed E-state index contributed by atoms with van der Waals surface area (Å²) < 4.78 is 0. The van der Waals surface area contributed by atoms with E-state index in [1.165, 1.54) is 5.56 Å². The predicted octanol–water partition coefficient (Wildman–Crippen LogP) is 3.79. The zero-order chi connectivity index (χ0) is 17.1. The van der Waals surface area contributed by atoms with Crippen LogP contribution >= 0.6 is 12.2 Å². The highest BCUT2D eigenvalue weighted by molar-refractivity contribution is 7.80. The number of rotatable bonds is 4. The van der Waals surface area contributed by atoms with E-state index in [1.54, 1.807) is 0 Å². The number of allylic oxidation sites excluding steroid dienone is 1. The SMILES string of the molecule is CCN(CC)C(=O)C1=C(C)NC(=S)C(C)C1c1ccc(C)cc1. The Balaban J connectivity index is 2.53. The van der Waals surface area contributed by atoms with Crippen molar-refractivity contribution in [2.45, 2.75) is 40.5 Å². The van der Waals surface area contributed by atoms with Crippen molar-refractivity contribution in [3.8, 4) is 0 Å². The number of thiocarbonyl (C=S) groups is 1. The van der Waals surface area contributed by atoms with E-state index in [0.29, 0.717) is 13.1 Å². The third-order valence-electron chi connectivity index (χ3n) is 4.66. The summed E-state index contributed by atoms with van der Waals surface area (Å²) in [5.41, 5.74) is 4.10. The molecule has 1 amide bonds. The first-order chi connectivity index (χ1) is 10.9. The number of carbonyl (C=O) groups excluding carboxylic acids is 1. The van der Waals surface area contributed by atoms with Crippen LogP contribution in [0.25, 0.3) is 0 Å². The summed E-state index contributed by atoms with van der Waals surface area (Å²) in [5, 5.41) is 3.24. The van der Waals surface area contributed by atoms with Gasteiger partial charge in [0.05, 0.1) is 4.99 Å². The third-order valence-corrected chi connectivity index (χ3v) is 5.13. The Kier molecular flexibility index (Phi) is 5.58. The van der Waals surface area contributed by atoms with Gasteiger partial charge in [-0.2, -0.15) is 0 Å². The molecule has 3 nitrogen and oxygen atoms in total. The van der Waals surface area contributed by atoms with Gasteiger partial charge in [-0.05, 0) is 33.3 Å². The molecule has 1 aromatic carbocycles. The molecule has 1 heterocycles. The topological polar surface area (TPSA) is 32.3 Å². The lowest BCUT2D eigenvalue weighted by atomic mass is 9.77. The molecule has 2 unspecified atom stereocenters. The van der Waals surface area contributed by atoms with E-state index in [9.17, 15) is 4.79 Å². The number of hydrogen-bond acceptors (Lipinski definition) is 2. The molecule has 0 radical (unpaired) electrons. The fourth-order valence-electron chi connectivity index (χ4n) is 3.20. The number of amides is 1. The van der Waals surface area contributed by atoms with E-state index in [2.05, 4.69) is 43.4 Å². The maximum Gasteiger partial charge on any atom is 0.252 e. The molecule has 0 saturated carbocycles. The van der Waals surface area contributed by atoms with Crippen molar-refractivity contribution in [1.29, 1.82) is 0 Å². The number of hydrogen-bond donors (Lipinski definition) is 1. The average molecular weight is 330 g/mol. The second-order valence-electron chi connectivity index (χ2n) is 6.18. The van der Waals surface area contributed by atoms with Crippen LogP contribution in [0.1, 0.15) is 44.7 Å². The minimum absolute atomic E-state index is 0.0115. The summed E-state index contributed by atoms with van der Waals surface area (Å²) in [6.45, 7) is 11.6. The van der Waals surface area contributed by atoms with Crippen LogP contribution in [-0.4, -0.2) is 28.9 Å². The fraction of sp³-hybridized carbons (Fsp3) is 0.474. The predicted molar refractivity (Wildman–Crippen MR) is 99.4 cm³/mol. The zero-order valence-corrected chi connectivity index (χ0v) is 15.5. The molecule has 23 heavy (non-hydrogen) atoms. The second kappa shape index (κ2) is 7.26. The Morgan fingerprint density at radius 3 is 2.26 bits per heavy atom. The van der Waals surface area contributed by atoms with Gasteiger partial charge in [0.15, 0.2) is 0 Å². The molecule has 2 rings (SSSR count). The first-order valence-corrected chi connectivity index (χ1v) is 8.68. The van der Waals surface area contributed by atoms with Crippen LogP contribution in [0.15, 0.2) is 35.5 Å². The highest BCUT2D eigenvalue weighted by Crippen LogP contribution is 2.38. The number of nitrogens with one attached hydrogen (secondary N) is 1. The number of carbonyl (C=O) groups is 1. The molecule has 0 aliphatic carbocycles. The average Bonchev–Trinajstić information content (AvgIpc) is 2.52.